The molecule has 0 unspecified atom stereocenters. The molecule has 0 saturated heterocycles. The molecule has 3 N–H and O–H groups in total. The molecule has 7 heteroatoms. The average molecular weight is 323 g/mol. The molecule has 6 nitrogen and oxygen atoms in total. The topological polar surface area (TPSA) is 100 Å². The van der Waals surface area contributed by atoms with Crippen LogP contribution >= 0.6 is 11.9 Å². The Labute approximate surface area is 136 Å². The predicted octanol–water partition coefficient (Wildman–Crippen LogP) is 2.37. The van der Waals surface area contributed by atoms with Crippen LogP contribution in [0.5, 0.6) is 0 Å². The van der Waals surface area contributed by atoms with E-state index in [4.69, 9.17) is 10.4 Å². The van der Waals surface area contributed by atoms with Crippen molar-refractivity contribution in [3.8, 4) is 23.0 Å². The summed E-state index contributed by atoms with van der Waals surface area (Å²) in [6, 6.07) is 12.5. The highest BCUT2D eigenvalue weighted by Crippen LogP contribution is 2.20. The molecule has 0 saturated carbocycles. The Hall–Kier alpha value is -2.82. The molecule has 0 atom stereocenters. The second-order valence-corrected chi connectivity index (χ2v) is 5.62. The number of hydrogen-bond donors (Lipinski definition) is 2. The van der Waals surface area contributed by atoms with Crippen molar-refractivity contribution in [2.75, 3.05) is 0 Å². The first kappa shape index (κ1) is 15.1. The molecule has 114 valence electrons. The molecule has 3 rings (SSSR count). The molecule has 1 aromatic carbocycles. The molecule has 0 aliphatic carbocycles. The third kappa shape index (κ3) is 2.77. The number of aromatic nitrogens is 3. The standard InChI is InChI=1S/C16H13N5OS/c1-10-15(12-4-2-11(8-17)3-5-12)16(22)21(20-10)14-7-6-13(23-18)9-19-14/h2-7,9,20H,18H2,1H3. The fraction of sp³-hybridized carbons (Fsp3) is 0.0625. The van der Waals surface area contributed by atoms with Gasteiger partial charge in [-0.25, -0.2) is 9.67 Å². The minimum Gasteiger partial charge on any atom is -0.293 e. The number of pyridine rings is 1. The van der Waals surface area contributed by atoms with Crippen LogP contribution in [0, 0.1) is 18.3 Å². The van der Waals surface area contributed by atoms with E-state index in [0.717, 1.165) is 28.1 Å². The van der Waals surface area contributed by atoms with Gasteiger partial charge >= 0.3 is 0 Å². The number of nitrogens with zero attached hydrogens (tertiary/aromatic N) is 3. The van der Waals surface area contributed by atoms with E-state index in [-0.39, 0.29) is 5.56 Å². The van der Waals surface area contributed by atoms with E-state index in [1.165, 1.54) is 4.68 Å². The van der Waals surface area contributed by atoms with Crippen LogP contribution in [0.2, 0.25) is 0 Å². The van der Waals surface area contributed by atoms with Crippen LogP contribution in [-0.2, 0) is 0 Å². The molecule has 0 spiro atoms. The van der Waals surface area contributed by atoms with Crippen molar-refractivity contribution in [2.45, 2.75) is 11.8 Å². The smallest absolute Gasteiger partial charge is 0.280 e. The maximum atomic E-state index is 12.7. The van der Waals surface area contributed by atoms with Gasteiger partial charge < -0.3 is 0 Å². The van der Waals surface area contributed by atoms with Gasteiger partial charge in [-0.3, -0.25) is 15.0 Å². The van der Waals surface area contributed by atoms with Crippen molar-refractivity contribution < 1.29 is 0 Å². The fourth-order valence-electron chi connectivity index (χ4n) is 2.33. The number of hydrogen-bond acceptors (Lipinski definition) is 5. The van der Waals surface area contributed by atoms with Crippen molar-refractivity contribution in [3.05, 3.63) is 64.2 Å². The molecule has 2 heterocycles. The maximum Gasteiger partial charge on any atom is 0.280 e. The lowest BCUT2D eigenvalue weighted by molar-refractivity contribution is 0.804. The molecule has 0 aliphatic rings. The number of aryl methyl sites for hydroxylation is 1. The Kier molecular flexibility index (Phi) is 4.02. The molecule has 0 radical (unpaired) electrons. The van der Waals surface area contributed by atoms with Gasteiger partial charge in [0.2, 0.25) is 0 Å². The molecule has 0 aliphatic heterocycles. The van der Waals surface area contributed by atoms with Gasteiger partial charge in [0.15, 0.2) is 5.82 Å². The molecule has 2 aromatic heterocycles. The highest BCUT2D eigenvalue weighted by Gasteiger charge is 2.15. The van der Waals surface area contributed by atoms with Crippen LogP contribution in [0.15, 0.2) is 52.3 Å². The third-order valence-corrected chi connectivity index (χ3v) is 3.97. The summed E-state index contributed by atoms with van der Waals surface area (Å²) in [6.45, 7) is 1.83. The summed E-state index contributed by atoms with van der Waals surface area (Å²) < 4.78 is 1.40. The predicted molar refractivity (Wildman–Crippen MR) is 89.1 cm³/mol. The second-order valence-electron chi connectivity index (χ2n) is 4.91. The Morgan fingerprint density at radius 1 is 1.26 bits per heavy atom. The van der Waals surface area contributed by atoms with Gasteiger partial charge in [0.1, 0.15) is 0 Å². The van der Waals surface area contributed by atoms with E-state index in [1.807, 2.05) is 6.92 Å². The first-order valence-electron chi connectivity index (χ1n) is 6.79. The third-order valence-electron chi connectivity index (χ3n) is 3.46. The van der Waals surface area contributed by atoms with Gasteiger partial charge in [0.05, 0.1) is 17.2 Å². The molecule has 0 amide bonds. The quantitative estimate of drug-likeness (QED) is 0.721. The molecular formula is C16H13N5OS. The summed E-state index contributed by atoms with van der Waals surface area (Å²) >= 11 is 1.10. The van der Waals surface area contributed by atoms with Crippen LogP contribution in [0.1, 0.15) is 11.3 Å². The van der Waals surface area contributed by atoms with E-state index in [2.05, 4.69) is 16.2 Å². The Morgan fingerprint density at radius 2 is 2.00 bits per heavy atom. The summed E-state index contributed by atoms with van der Waals surface area (Å²) in [7, 11) is 0. The van der Waals surface area contributed by atoms with Gasteiger partial charge in [-0.1, -0.05) is 12.1 Å². The largest absolute Gasteiger partial charge is 0.293 e. The fourth-order valence-corrected chi connectivity index (χ4v) is 2.59. The first-order valence-corrected chi connectivity index (χ1v) is 7.67. The van der Waals surface area contributed by atoms with Gasteiger partial charge in [-0.2, -0.15) is 5.26 Å². The second kappa shape index (κ2) is 6.12. The summed E-state index contributed by atoms with van der Waals surface area (Å²) in [5.41, 5.74) is 2.43. The number of benzene rings is 1. The van der Waals surface area contributed by atoms with E-state index in [1.54, 1.807) is 42.6 Å². The Balaban J connectivity index is 2.08. The normalized spacial score (nSPS) is 10.5. The highest BCUT2D eigenvalue weighted by atomic mass is 32.2. The number of nitrogens with one attached hydrogen (secondary N) is 1. The van der Waals surface area contributed by atoms with Crippen LogP contribution in [0.25, 0.3) is 16.9 Å². The molecular weight excluding hydrogens is 310 g/mol. The van der Waals surface area contributed by atoms with E-state index < -0.39 is 0 Å². The van der Waals surface area contributed by atoms with Crippen molar-refractivity contribution in [2.24, 2.45) is 5.14 Å². The minimum absolute atomic E-state index is 0.187. The lowest BCUT2D eigenvalue weighted by atomic mass is 10.1. The zero-order valence-electron chi connectivity index (χ0n) is 12.3. The summed E-state index contributed by atoms with van der Waals surface area (Å²) in [4.78, 5) is 17.8. The van der Waals surface area contributed by atoms with Crippen LogP contribution in [-0.4, -0.2) is 14.8 Å². The van der Waals surface area contributed by atoms with Gasteiger partial charge in [0, 0.05) is 16.8 Å². The Bertz CT molecular complexity index is 933. The Morgan fingerprint density at radius 3 is 2.57 bits per heavy atom. The maximum absolute atomic E-state index is 12.7. The molecule has 0 bridgehead atoms. The van der Waals surface area contributed by atoms with Gasteiger partial charge in [-0.15, -0.1) is 0 Å². The van der Waals surface area contributed by atoms with Gasteiger partial charge in [-0.05, 0) is 48.7 Å². The zero-order valence-corrected chi connectivity index (χ0v) is 13.1. The summed E-state index contributed by atoms with van der Waals surface area (Å²) in [6.07, 6.45) is 1.62. The molecule has 0 fully saturated rings. The monoisotopic (exact) mass is 323 g/mol. The van der Waals surface area contributed by atoms with Crippen molar-refractivity contribution >= 4 is 11.9 Å². The molecule has 23 heavy (non-hydrogen) atoms. The average Bonchev–Trinajstić information content (AvgIpc) is 2.89. The SMILES string of the molecule is Cc1[nH]n(-c2ccc(SN)cn2)c(=O)c1-c1ccc(C#N)cc1. The molecule has 3 aromatic rings. The van der Waals surface area contributed by atoms with E-state index in [9.17, 15) is 4.79 Å². The number of rotatable bonds is 3. The van der Waals surface area contributed by atoms with Gasteiger partial charge in [0.25, 0.3) is 5.56 Å². The lowest BCUT2D eigenvalue weighted by Gasteiger charge is -2.01. The van der Waals surface area contributed by atoms with Crippen molar-refractivity contribution in [1.29, 1.82) is 5.26 Å². The van der Waals surface area contributed by atoms with Crippen LogP contribution in [0.4, 0.5) is 0 Å². The minimum atomic E-state index is -0.187. The van der Waals surface area contributed by atoms with Crippen LogP contribution in [0.3, 0.4) is 0 Å². The summed E-state index contributed by atoms with van der Waals surface area (Å²) in [5, 5.41) is 17.4. The van der Waals surface area contributed by atoms with Crippen molar-refractivity contribution in [3.63, 3.8) is 0 Å². The lowest BCUT2D eigenvalue weighted by Crippen LogP contribution is -2.16. The number of H-pyrrole nitrogens is 1. The van der Waals surface area contributed by atoms with Crippen molar-refractivity contribution in [1.82, 2.24) is 14.8 Å². The zero-order chi connectivity index (χ0) is 16.4. The number of nitrogens with two attached hydrogens (primary N) is 1. The number of nitriles is 1. The van der Waals surface area contributed by atoms with E-state index >= 15 is 0 Å². The highest BCUT2D eigenvalue weighted by molar-refractivity contribution is 7.97. The summed E-state index contributed by atoms with van der Waals surface area (Å²) in [5.74, 6) is 0.496. The first-order chi connectivity index (χ1) is 11.1. The number of aromatic amines is 1. The van der Waals surface area contributed by atoms with Crippen LogP contribution < -0.4 is 10.7 Å². The van der Waals surface area contributed by atoms with E-state index in [0.29, 0.717) is 16.9 Å².